The molecule has 3 unspecified atom stereocenters. The van der Waals surface area contributed by atoms with Crippen LogP contribution >= 0.6 is 15.9 Å². The van der Waals surface area contributed by atoms with Crippen molar-refractivity contribution in [2.45, 2.75) is 43.5 Å². The second kappa shape index (κ2) is 9.49. The highest BCUT2D eigenvalue weighted by Gasteiger charge is 2.41. The zero-order valence-corrected chi connectivity index (χ0v) is 19.8. The summed E-state index contributed by atoms with van der Waals surface area (Å²) in [5.74, 6) is 1.33. The summed E-state index contributed by atoms with van der Waals surface area (Å²) in [6.45, 7) is 3.29. The largest absolute Gasteiger partial charge is 0.347 e. The number of nitriles is 1. The lowest BCUT2D eigenvalue weighted by Gasteiger charge is -2.41. The maximum absolute atomic E-state index is 12.9. The van der Waals surface area contributed by atoms with E-state index in [1.54, 1.807) is 12.3 Å². The molecule has 2 aromatic rings. The number of aromatic nitrogens is 1. The third-order valence-electron chi connectivity index (χ3n) is 6.23. The molecule has 162 valence electrons. The maximum Gasteiger partial charge on any atom is 0.223 e. The molecular weight excluding hydrogens is 476 g/mol. The Hall–Kier alpha value is -2.24. The van der Waals surface area contributed by atoms with Crippen LogP contribution in [0.25, 0.3) is 0 Å². The molecule has 8 heteroatoms. The Morgan fingerprint density at radius 1 is 1.26 bits per heavy atom. The molecule has 0 N–H and O–H groups in total. The molecule has 0 spiro atoms. The monoisotopic (exact) mass is 500 g/mol. The highest BCUT2D eigenvalue weighted by molar-refractivity contribution is 9.10. The number of likely N-dealkylation sites (tertiary alicyclic amines) is 1. The van der Waals surface area contributed by atoms with Crippen molar-refractivity contribution in [3.05, 3.63) is 58.2 Å². The van der Waals surface area contributed by atoms with E-state index < -0.39 is 10.8 Å². The minimum atomic E-state index is -1.12. The molecule has 2 fully saturated rings. The number of halogens is 1. The van der Waals surface area contributed by atoms with Gasteiger partial charge < -0.3 is 9.80 Å². The first kappa shape index (κ1) is 22.0. The van der Waals surface area contributed by atoms with Gasteiger partial charge in [0.05, 0.1) is 10.8 Å². The Morgan fingerprint density at radius 2 is 1.97 bits per heavy atom. The fraction of sp³-hybridized carbons (Fsp3) is 0.435. The number of nitrogens with zero attached hydrogens (tertiary/aromatic N) is 4. The van der Waals surface area contributed by atoms with Gasteiger partial charge in [0.2, 0.25) is 5.91 Å². The number of fused-ring (bicyclic) bond motifs is 2. The summed E-state index contributed by atoms with van der Waals surface area (Å²) in [7, 11) is -1.12. The molecule has 2 saturated heterocycles. The van der Waals surface area contributed by atoms with Crippen molar-refractivity contribution in [3.8, 4) is 6.07 Å². The lowest BCUT2D eigenvalue weighted by Crippen LogP contribution is -2.55. The zero-order valence-electron chi connectivity index (χ0n) is 17.4. The Kier molecular flexibility index (Phi) is 6.73. The predicted octanol–water partition coefficient (Wildman–Crippen LogP) is 3.80. The fourth-order valence-corrected chi connectivity index (χ4v) is 6.55. The quantitative estimate of drug-likeness (QED) is 0.602. The summed E-state index contributed by atoms with van der Waals surface area (Å²) in [5.41, 5.74) is 1.56. The van der Waals surface area contributed by atoms with E-state index in [1.807, 2.05) is 42.2 Å². The minimum absolute atomic E-state index is 0.0806. The van der Waals surface area contributed by atoms with Gasteiger partial charge in [0, 0.05) is 58.8 Å². The molecule has 2 aliphatic heterocycles. The molecule has 4 atom stereocenters. The molecule has 0 saturated carbocycles. The van der Waals surface area contributed by atoms with E-state index in [-0.39, 0.29) is 23.2 Å². The summed E-state index contributed by atoms with van der Waals surface area (Å²) < 4.78 is 13.7. The lowest BCUT2D eigenvalue weighted by molar-refractivity contribution is -0.131. The summed E-state index contributed by atoms with van der Waals surface area (Å²) in [6, 6.07) is 14.1. The number of piperazine rings is 1. The molecule has 1 aromatic carbocycles. The van der Waals surface area contributed by atoms with Gasteiger partial charge in [0.1, 0.15) is 11.9 Å². The summed E-state index contributed by atoms with van der Waals surface area (Å²) >= 11 is 3.53. The van der Waals surface area contributed by atoms with Crippen LogP contribution in [0.1, 0.15) is 42.6 Å². The minimum Gasteiger partial charge on any atom is -0.347 e. The van der Waals surface area contributed by atoms with Crippen molar-refractivity contribution in [2.75, 3.05) is 23.7 Å². The number of amides is 1. The second-order valence-electron chi connectivity index (χ2n) is 8.11. The SMILES string of the molecule is CC(c1ccccc1Br)S(=O)CCC(=O)N1CC2CC[C@@H](C1)N2c1ccc(C#N)cn1. The van der Waals surface area contributed by atoms with Crippen LogP contribution in [0.15, 0.2) is 47.1 Å². The first-order valence-corrected chi connectivity index (χ1v) is 12.7. The molecule has 31 heavy (non-hydrogen) atoms. The molecule has 1 amide bonds. The average Bonchev–Trinajstić information content (AvgIpc) is 3.06. The van der Waals surface area contributed by atoms with Gasteiger partial charge in [-0.05, 0) is 43.5 Å². The third kappa shape index (κ3) is 4.68. The van der Waals surface area contributed by atoms with Crippen LogP contribution < -0.4 is 4.90 Å². The molecule has 3 heterocycles. The molecule has 2 bridgehead atoms. The molecule has 2 aliphatic rings. The number of rotatable bonds is 6. The summed E-state index contributed by atoms with van der Waals surface area (Å²) in [5, 5.41) is 8.86. The smallest absolute Gasteiger partial charge is 0.223 e. The van der Waals surface area contributed by atoms with Crippen molar-refractivity contribution >= 4 is 38.5 Å². The number of benzene rings is 1. The zero-order chi connectivity index (χ0) is 22.0. The van der Waals surface area contributed by atoms with Crippen LogP contribution in [0.3, 0.4) is 0 Å². The first-order valence-electron chi connectivity index (χ1n) is 10.5. The van der Waals surface area contributed by atoms with E-state index >= 15 is 0 Å². The van der Waals surface area contributed by atoms with Crippen molar-refractivity contribution in [3.63, 3.8) is 0 Å². The highest BCUT2D eigenvalue weighted by atomic mass is 79.9. The number of pyridine rings is 1. The second-order valence-corrected chi connectivity index (χ2v) is 10.8. The number of carbonyl (C=O) groups excluding carboxylic acids is 1. The molecule has 0 aliphatic carbocycles. The van der Waals surface area contributed by atoms with Crippen molar-refractivity contribution in [1.82, 2.24) is 9.88 Å². The molecule has 6 nitrogen and oxygen atoms in total. The van der Waals surface area contributed by atoms with Crippen LogP contribution in [-0.4, -0.2) is 50.9 Å². The predicted molar refractivity (Wildman–Crippen MR) is 125 cm³/mol. The van der Waals surface area contributed by atoms with Gasteiger partial charge in [-0.25, -0.2) is 4.98 Å². The van der Waals surface area contributed by atoms with Crippen LogP contribution in [0.2, 0.25) is 0 Å². The molecular formula is C23H25BrN4O2S. The first-order chi connectivity index (χ1) is 15.0. The summed E-state index contributed by atoms with van der Waals surface area (Å²) in [6.07, 6.45) is 3.96. The highest BCUT2D eigenvalue weighted by Crippen LogP contribution is 2.34. The Bertz CT molecular complexity index is 1010. The van der Waals surface area contributed by atoms with E-state index in [1.165, 1.54) is 0 Å². The Labute approximate surface area is 193 Å². The fourth-order valence-electron chi connectivity index (χ4n) is 4.55. The van der Waals surface area contributed by atoms with Gasteiger partial charge in [-0.15, -0.1) is 0 Å². The lowest BCUT2D eigenvalue weighted by atomic mass is 10.1. The van der Waals surface area contributed by atoms with Gasteiger partial charge >= 0.3 is 0 Å². The van der Waals surface area contributed by atoms with Crippen LogP contribution in [-0.2, 0) is 15.6 Å². The van der Waals surface area contributed by atoms with Gasteiger partial charge in [0.25, 0.3) is 0 Å². The van der Waals surface area contributed by atoms with Gasteiger partial charge in [-0.3, -0.25) is 9.00 Å². The number of anilines is 1. The standard InChI is InChI=1S/C23H25BrN4O2S/c1-16(20-4-2-3-5-21(20)24)31(30)11-10-23(29)27-14-18-7-8-19(15-27)28(18)22-9-6-17(12-25)13-26-22/h2-6,9,13,16,18-19H,7-8,10-11,14-15H2,1H3/t16?,18-,19?,31?/m0/s1. The van der Waals surface area contributed by atoms with E-state index in [0.29, 0.717) is 30.8 Å². The Balaban J connectivity index is 1.34. The van der Waals surface area contributed by atoms with Crippen LogP contribution in [0, 0.1) is 11.3 Å². The third-order valence-corrected chi connectivity index (χ3v) is 8.60. The van der Waals surface area contributed by atoms with Gasteiger partial charge in [0.15, 0.2) is 0 Å². The van der Waals surface area contributed by atoms with Crippen LogP contribution in [0.4, 0.5) is 5.82 Å². The van der Waals surface area contributed by atoms with E-state index in [9.17, 15) is 9.00 Å². The molecule has 0 radical (unpaired) electrons. The van der Waals surface area contributed by atoms with E-state index in [4.69, 9.17) is 5.26 Å². The average molecular weight is 501 g/mol. The van der Waals surface area contributed by atoms with Crippen molar-refractivity contribution in [1.29, 1.82) is 5.26 Å². The van der Waals surface area contributed by atoms with Crippen LogP contribution in [0.5, 0.6) is 0 Å². The van der Waals surface area contributed by atoms with E-state index in [0.717, 1.165) is 28.7 Å². The van der Waals surface area contributed by atoms with Crippen molar-refractivity contribution in [2.24, 2.45) is 0 Å². The van der Waals surface area contributed by atoms with Crippen molar-refractivity contribution < 1.29 is 9.00 Å². The summed E-state index contributed by atoms with van der Waals surface area (Å²) in [4.78, 5) is 21.6. The van der Waals surface area contributed by atoms with E-state index in [2.05, 4.69) is 31.9 Å². The molecule has 4 rings (SSSR count). The van der Waals surface area contributed by atoms with Gasteiger partial charge in [-0.1, -0.05) is 34.1 Å². The van der Waals surface area contributed by atoms with Gasteiger partial charge in [-0.2, -0.15) is 5.26 Å². The normalized spacial score (nSPS) is 22.1. The Morgan fingerprint density at radius 3 is 2.58 bits per heavy atom. The maximum atomic E-state index is 12.9. The number of hydrogen-bond donors (Lipinski definition) is 0. The number of hydrogen-bond acceptors (Lipinski definition) is 5. The topological polar surface area (TPSA) is 77.3 Å². The molecule has 1 aromatic heterocycles. The number of carbonyl (C=O) groups is 1.